The standard InChI is InChI=1S/C81H78O7/c1-6-83-55-88-79(4,5)63-31-35-65(36-32-63)81(50-75(59-25-17-10-18-26-59)73-46-28-61(48-77(73)81)57-21-13-8-14-22-57)66-37-41-69(42-38-66)84-51-68(82)52-87-78(2,3)62-29-33-64(34-30-62)80(67-39-43-70(44-40-67)85-53-71-54-86-71)49-74(58-23-15-9-16-24-58)72-45-27-60(47-76(72)80)56-19-11-7-12-20-56/h7-48,68,71,74-75,82H,6,49-55H2,1-5H3. The van der Waals surface area contributed by atoms with Crippen molar-refractivity contribution in [2.24, 2.45) is 0 Å². The van der Waals surface area contributed by atoms with E-state index in [0.717, 1.165) is 36.3 Å². The minimum absolute atomic E-state index is 0.0646. The summed E-state index contributed by atoms with van der Waals surface area (Å²) in [6.45, 7) is 12.6. The predicted octanol–water partition coefficient (Wildman–Crippen LogP) is 17.5. The van der Waals surface area contributed by atoms with Crippen LogP contribution < -0.4 is 9.47 Å². The monoisotopic (exact) mass is 1160 g/mol. The lowest BCUT2D eigenvalue weighted by Crippen LogP contribution is -2.31. The van der Waals surface area contributed by atoms with E-state index < -0.39 is 28.1 Å². The van der Waals surface area contributed by atoms with Gasteiger partial charge in [0.1, 0.15) is 43.7 Å². The maximum Gasteiger partial charge on any atom is 0.147 e. The van der Waals surface area contributed by atoms with Gasteiger partial charge in [-0.25, -0.2) is 0 Å². The van der Waals surface area contributed by atoms with Crippen molar-refractivity contribution in [1.82, 2.24) is 0 Å². The molecule has 88 heavy (non-hydrogen) atoms. The maximum absolute atomic E-state index is 11.6. The van der Waals surface area contributed by atoms with Crippen LogP contribution in [0.5, 0.6) is 11.5 Å². The van der Waals surface area contributed by atoms with Crippen LogP contribution in [0.3, 0.4) is 0 Å². The van der Waals surface area contributed by atoms with Crippen LogP contribution in [0.15, 0.2) is 255 Å². The van der Waals surface area contributed by atoms with Gasteiger partial charge in [0.15, 0.2) is 0 Å². The first-order valence-corrected chi connectivity index (χ1v) is 31.3. The van der Waals surface area contributed by atoms with Crippen molar-refractivity contribution in [2.75, 3.05) is 39.8 Å². The summed E-state index contributed by atoms with van der Waals surface area (Å²) >= 11 is 0. The van der Waals surface area contributed by atoms with Crippen molar-refractivity contribution in [3.63, 3.8) is 0 Å². The lowest BCUT2D eigenvalue weighted by molar-refractivity contribution is -0.129. The highest BCUT2D eigenvalue weighted by atomic mass is 16.7. The molecule has 1 N–H and O–H groups in total. The number of hydrogen-bond donors (Lipinski definition) is 1. The summed E-state index contributed by atoms with van der Waals surface area (Å²) in [7, 11) is 0. The Morgan fingerprint density at radius 3 is 1.27 bits per heavy atom. The zero-order valence-corrected chi connectivity index (χ0v) is 51.1. The minimum atomic E-state index is -0.884. The molecule has 1 aliphatic heterocycles. The third-order valence-corrected chi connectivity index (χ3v) is 18.9. The van der Waals surface area contributed by atoms with Gasteiger partial charge in [-0.05, 0) is 173 Å². The van der Waals surface area contributed by atoms with E-state index in [1.807, 2.05) is 6.92 Å². The van der Waals surface area contributed by atoms with Crippen LogP contribution >= 0.6 is 0 Å². The van der Waals surface area contributed by atoms with E-state index >= 15 is 0 Å². The summed E-state index contributed by atoms with van der Waals surface area (Å²) < 4.78 is 36.6. The Hall–Kier alpha value is -8.40. The quantitative estimate of drug-likeness (QED) is 0.0388. The third-order valence-electron chi connectivity index (χ3n) is 18.9. The van der Waals surface area contributed by atoms with E-state index in [-0.39, 0.29) is 37.9 Å². The fourth-order valence-corrected chi connectivity index (χ4v) is 13.8. The van der Waals surface area contributed by atoms with Gasteiger partial charge in [0.25, 0.3) is 0 Å². The molecule has 2 aliphatic carbocycles. The van der Waals surface area contributed by atoms with Crippen LogP contribution in [0.4, 0.5) is 0 Å². The fraction of sp³-hybridized carbons (Fsp3) is 0.259. The molecule has 444 valence electrons. The van der Waals surface area contributed by atoms with Crippen molar-refractivity contribution in [2.45, 2.75) is 93.5 Å². The summed E-state index contributed by atoms with van der Waals surface area (Å²) in [5.74, 6) is 1.83. The van der Waals surface area contributed by atoms with Gasteiger partial charge in [-0.15, -0.1) is 0 Å². The first-order chi connectivity index (χ1) is 42.9. The Balaban J connectivity index is 0.758. The lowest BCUT2D eigenvalue weighted by Gasteiger charge is -2.34. The Morgan fingerprint density at radius 1 is 0.455 bits per heavy atom. The summed E-state index contributed by atoms with van der Waals surface area (Å²) in [4.78, 5) is 0. The molecule has 1 heterocycles. The highest BCUT2D eigenvalue weighted by molar-refractivity contribution is 5.72. The van der Waals surface area contributed by atoms with Crippen LogP contribution in [0.2, 0.25) is 0 Å². The van der Waals surface area contributed by atoms with Crippen molar-refractivity contribution >= 4 is 0 Å². The summed E-state index contributed by atoms with van der Waals surface area (Å²) in [6, 6.07) is 92.6. The van der Waals surface area contributed by atoms with Crippen molar-refractivity contribution in [1.29, 1.82) is 0 Å². The molecule has 6 unspecified atom stereocenters. The normalized spacial score (nSPS) is 19.8. The molecular formula is C81H78O7. The van der Waals surface area contributed by atoms with Crippen LogP contribution in [-0.4, -0.2) is 57.1 Å². The van der Waals surface area contributed by atoms with Crippen molar-refractivity contribution in [3.8, 4) is 33.8 Å². The summed E-state index contributed by atoms with van der Waals surface area (Å²) in [5, 5.41) is 11.6. The van der Waals surface area contributed by atoms with Crippen LogP contribution in [0.1, 0.15) is 126 Å². The molecule has 13 rings (SSSR count). The molecule has 7 nitrogen and oxygen atoms in total. The number of epoxide rings is 1. The van der Waals surface area contributed by atoms with Gasteiger partial charge >= 0.3 is 0 Å². The lowest BCUT2D eigenvalue weighted by atomic mass is 9.69. The van der Waals surface area contributed by atoms with E-state index in [2.05, 4.69) is 282 Å². The fourth-order valence-electron chi connectivity index (χ4n) is 13.8. The molecule has 0 bridgehead atoms. The van der Waals surface area contributed by atoms with E-state index in [1.165, 1.54) is 77.9 Å². The van der Waals surface area contributed by atoms with Gasteiger partial charge in [-0.1, -0.05) is 218 Å². The molecule has 10 aromatic carbocycles. The first kappa shape index (κ1) is 58.6. The Bertz CT molecular complexity index is 3940. The number of benzene rings is 10. The zero-order valence-electron chi connectivity index (χ0n) is 51.1. The molecule has 0 spiro atoms. The molecule has 0 amide bonds. The highest BCUT2D eigenvalue weighted by Crippen LogP contribution is 2.59. The Labute approximate surface area is 519 Å². The largest absolute Gasteiger partial charge is 0.491 e. The van der Waals surface area contributed by atoms with Crippen LogP contribution in [0, 0.1) is 0 Å². The van der Waals surface area contributed by atoms with E-state index in [0.29, 0.717) is 19.0 Å². The second kappa shape index (κ2) is 25.0. The molecule has 0 saturated carbocycles. The smallest absolute Gasteiger partial charge is 0.147 e. The molecule has 0 radical (unpaired) electrons. The average Bonchev–Trinajstić information content (AvgIpc) is 1.58. The van der Waals surface area contributed by atoms with Crippen LogP contribution in [0.25, 0.3) is 22.3 Å². The van der Waals surface area contributed by atoms with Gasteiger partial charge in [0.05, 0.1) is 24.4 Å². The molecule has 10 aromatic rings. The number of hydrogen-bond acceptors (Lipinski definition) is 7. The summed E-state index contributed by atoms with van der Waals surface area (Å²) in [6.07, 6.45) is 0.978. The molecule has 6 atom stereocenters. The maximum atomic E-state index is 11.6. The number of aliphatic hydroxyl groups is 1. The number of rotatable bonds is 23. The molecule has 7 heteroatoms. The van der Waals surface area contributed by atoms with Gasteiger partial charge in [0, 0.05) is 29.3 Å². The predicted molar refractivity (Wildman–Crippen MR) is 351 cm³/mol. The van der Waals surface area contributed by atoms with Gasteiger partial charge in [-0.3, -0.25) is 0 Å². The second-order valence-electron chi connectivity index (χ2n) is 25.0. The summed E-state index contributed by atoms with van der Waals surface area (Å²) in [5.41, 5.74) is 17.1. The molecule has 1 fully saturated rings. The van der Waals surface area contributed by atoms with E-state index in [9.17, 15) is 5.11 Å². The van der Waals surface area contributed by atoms with Gasteiger partial charge < -0.3 is 33.5 Å². The molecule has 3 aliphatic rings. The number of ether oxygens (including phenoxy) is 6. The van der Waals surface area contributed by atoms with E-state index in [1.54, 1.807) is 0 Å². The first-order valence-electron chi connectivity index (χ1n) is 31.3. The third kappa shape index (κ3) is 11.8. The number of fused-ring (bicyclic) bond motifs is 2. The van der Waals surface area contributed by atoms with E-state index in [4.69, 9.17) is 28.4 Å². The van der Waals surface area contributed by atoms with Crippen molar-refractivity contribution < 1.29 is 33.5 Å². The SMILES string of the molecule is CCOCOC(C)(C)c1ccc(C2(c3ccc(OCC(O)COC(C)(C)c4ccc(C5(c6ccc(OCC7CO7)cc6)CC(c6ccccc6)c6ccc(-c7ccccc7)cc65)cc4)cc3)CC(c3ccccc3)c3ccc(-c4ccccc4)cc32)cc1. The van der Waals surface area contributed by atoms with Gasteiger partial charge in [0.2, 0.25) is 0 Å². The highest BCUT2D eigenvalue weighted by Gasteiger charge is 2.49. The minimum Gasteiger partial charge on any atom is -0.491 e. The molecule has 1 saturated heterocycles. The zero-order chi connectivity index (χ0) is 60.3. The second-order valence-corrected chi connectivity index (χ2v) is 25.0. The average molecular weight is 1160 g/mol. The van der Waals surface area contributed by atoms with Crippen LogP contribution in [-0.2, 0) is 41.0 Å². The molecule has 0 aromatic heterocycles. The Kier molecular flexibility index (Phi) is 16.6. The molecular weight excluding hydrogens is 1080 g/mol. The number of aliphatic hydroxyl groups excluding tert-OH is 1. The topological polar surface area (TPSA) is 78.9 Å². The van der Waals surface area contributed by atoms with Gasteiger partial charge in [-0.2, -0.15) is 0 Å². The Morgan fingerprint density at radius 2 is 0.852 bits per heavy atom. The van der Waals surface area contributed by atoms with Crippen molar-refractivity contribution in [3.05, 3.63) is 322 Å².